The highest BCUT2D eigenvalue weighted by Crippen LogP contribution is 2.40. The fourth-order valence-corrected chi connectivity index (χ4v) is 4.04. The van der Waals surface area contributed by atoms with Crippen molar-refractivity contribution in [2.45, 2.75) is 90.1 Å². The molecule has 106 valence electrons. The van der Waals surface area contributed by atoms with Crippen LogP contribution in [0.2, 0.25) is 0 Å². The third-order valence-electron chi connectivity index (χ3n) is 5.65. The van der Waals surface area contributed by atoms with Crippen LogP contribution >= 0.6 is 0 Å². The van der Waals surface area contributed by atoms with Gasteiger partial charge in [0.1, 0.15) is 0 Å². The average Bonchev–Trinajstić information content (AvgIpc) is 2.38. The number of rotatable bonds is 4. The van der Waals surface area contributed by atoms with Crippen LogP contribution in [0, 0.1) is 17.8 Å². The molecule has 0 spiro atoms. The summed E-state index contributed by atoms with van der Waals surface area (Å²) in [7, 11) is 0. The third-order valence-corrected chi connectivity index (χ3v) is 5.65. The van der Waals surface area contributed by atoms with Gasteiger partial charge in [0, 0.05) is 0 Å². The fraction of sp³-hybridized carbons (Fsp3) is 1.00. The second-order valence-electron chi connectivity index (χ2n) is 7.35. The van der Waals surface area contributed by atoms with Crippen LogP contribution in [-0.2, 0) is 0 Å². The minimum atomic E-state index is -0.303. The van der Waals surface area contributed by atoms with Gasteiger partial charge < -0.3 is 5.11 Å². The summed E-state index contributed by atoms with van der Waals surface area (Å²) in [5.41, 5.74) is -0.303. The topological polar surface area (TPSA) is 20.2 Å². The van der Waals surface area contributed by atoms with Crippen molar-refractivity contribution in [1.82, 2.24) is 0 Å². The first kappa shape index (κ1) is 14.4. The van der Waals surface area contributed by atoms with Gasteiger partial charge in [-0.15, -0.1) is 0 Å². The molecule has 2 saturated carbocycles. The fourth-order valence-electron chi connectivity index (χ4n) is 4.04. The van der Waals surface area contributed by atoms with Crippen LogP contribution in [0.1, 0.15) is 84.5 Å². The zero-order valence-electron chi connectivity index (χ0n) is 12.5. The Morgan fingerprint density at radius 2 is 1.61 bits per heavy atom. The smallest absolute Gasteiger partial charge is 0.0648 e. The minimum Gasteiger partial charge on any atom is -0.390 e. The van der Waals surface area contributed by atoms with Gasteiger partial charge in [0.2, 0.25) is 0 Å². The van der Waals surface area contributed by atoms with Gasteiger partial charge in [-0.3, -0.25) is 0 Å². The Morgan fingerprint density at radius 1 is 1.00 bits per heavy atom. The zero-order chi connectivity index (χ0) is 13.0. The van der Waals surface area contributed by atoms with Crippen molar-refractivity contribution in [3.8, 4) is 0 Å². The van der Waals surface area contributed by atoms with E-state index in [0.717, 1.165) is 37.0 Å². The van der Waals surface area contributed by atoms with Gasteiger partial charge in [-0.25, -0.2) is 0 Å². The molecular weight excluding hydrogens is 220 g/mol. The maximum Gasteiger partial charge on any atom is 0.0648 e. The maximum absolute atomic E-state index is 10.7. The molecule has 0 amide bonds. The molecule has 1 heteroatoms. The molecule has 0 aliphatic heterocycles. The molecule has 0 atom stereocenters. The quantitative estimate of drug-likeness (QED) is 0.752. The Balaban J connectivity index is 1.72. The Labute approximate surface area is 113 Å². The van der Waals surface area contributed by atoms with Crippen molar-refractivity contribution in [3.05, 3.63) is 0 Å². The summed E-state index contributed by atoms with van der Waals surface area (Å²) in [6.45, 7) is 4.66. The molecule has 2 aliphatic rings. The average molecular weight is 252 g/mol. The Hall–Kier alpha value is -0.0400. The molecular formula is C17H32O. The second-order valence-corrected chi connectivity index (χ2v) is 7.35. The standard InChI is InChI=1S/C17H32O/c1-14(2)16-9-12-17(18,13-10-16)11-8-15-6-4-3-5-7-15/h14-16,18H,3-13H2,1-2H3. The van der Waals surface area contributed by atoms with Gasteiger partial charge in [0.15, 0.2) is 0 Å². The lowest BCUT2D eigenvalue weighted by molar-refractivity contribution is -0.0273. The predicted molar refractivity (Wildman–Crippen MR) is 77.6 cm³/mol. The SMILES string of the molecule is CC(C)C1CCC(O)(CCC2CCCCC2)CC1. The van der Waals surface area contributed by atoms with Crippen LogP contribution in [0.15, 0.2) is 0 Å². The van der Waals surface area contributed by atoms with E-state index >= 15 is 0 Å². The molecule has 2 aliphatic carbocycles. The molecule has 1 nitrogen and oxygen atoms in total. The lowest BCUT2D eigenvalue weighted by Gasteiger charge is -2.38. The molecule has 0 aromatic heterocycles. The molecule has 0 unspecified atom stereocenters. The van der Waals surface area contributed by atoms with Crippen LogP contribution < -0.4 is 0 Å². The second kappa shape index (κ2) is 6.41. The van der Waals surface area contributed by atoms with E-state index in [2.05, 4.69) is 13.8 Å². The number of aliphatic hydroxyl groups is 1. The molecule has 0 heterocycles. The molecule has 18 heavy (non-hydrogen) atoms. The Morgan fingerprint density at radius 3 is 2.17 bits per heavy atom. The normalized spacial score (nSPS) is 35.0. The first-order chi connectivity index (χ1) is 8.59. The third kappa shape index (κ3) is 3.98. The van der Waals surface area contributed by atoms with Gasteiger partial charge >= 0.3 is 0 Å². The zero-order valence-corrected chi connectivity index (χ0v) is 12.5. The van der Waals surface area contributed by atoms with E-state index in [0.29, 0.717) is 0 Å². The summed E-state index contributed by atoms with van der Waals surface area (Å²) in [6.07, 6.45) is 14.1. The molecule has 1 N–H and O–H groups in total. The molecule has 0 aromatic rings. The van der Waals surface area contributed by atoms with Crippen molar-refractivity contribution in [2.75, 3.05) is 0 Å². The van der Waals surface area contributed by atoms with E-state index in [1.165, 1.54) is 51.4 Å². The molecule has 0 aromatic carbocycles. The van der Waals surface area contributed by atoms with Gasteiger partial charge in [-0.1, -0.05) is 46.0 Å². The van der Waals surface area contributed by atoms with E-state index < -0.39 is 0 Å². The number of hydrogen-bond acceptors (Lipinski definition) is 1. The Kier molecular flexibility index (Phi) is 5.12. The molecule has 0 saturated heterocycles. The van der Waals surface area contributed by atoms with Crippen LogP contribution in [0.25, 0.3) is 0 Å². The van der Waals surface area contributed by atoms with Crippen LogP contribution in [0.3, 0.4) is 0 Å². The van der Waals surface area contributed by atoms with E-state index in [9.17, 15) is 5.11 Å². The van der Waals surface area contributed by atoms with E-state index in [4.69, 9.17) is 0 Å². The van der Waals surface area contributed by atoms with Crippen molar-refractivity contribution in [3.63, 3.8) is 0 Å². The predicted octanol–water partition coefficient (Wildman–Crippen LogP) is 4.92. The van der Waals surface area contributed by atoms with Gasteiger partial charge in [0.05, 0.1) is 5.60 Å². The van der Waals surface area contributed by atoms with Gasteiger partial charge in [-0.2, -0.15) is 0 Å². The maximum atomic E-state index is 10.7. The molecule has 0 bridgehead atoms. The van der Waals surface area contributed by atoms with Crippen molar-refractivity contribution < 1.29 is 5.11 Å². The lowest BCUT2D eigenvalue weighted by Crippen LogP contribution is -2.35. The highest BCUT2D eigenvalue weighted by molar-refractivity contribution is 4.87. The summed E-state index contributed by atoms with van der Waals surface area (Å²) in [4.78, 5) is 0. The summed E-state index contributed by atoms with van der Waals surface area (Å²) in [6, 6.07) is 0. The van der Waals surface area contributed by atoms with Crippen LogP contribution in [0.4, 0.5) is 0 Å². The first-order valence-corrected chi connectivity index (χ1v) is 8.31. The summed E-state index contributed by atoms with van der Waals surface area (Å²) >= 11 is 0. The highest BCUT2D eigenvalue weighted by Gasteiger charge is 2.34. The first-order valence-electron chi connectivity index (χ1n) is 8.31. The molecule has 0 radical (unpaired) electrons. The summed E-state index contributed by atoms with van der Waals surface area (Å²) < 4.78 is 0. The lowest BCUT2D eigenvalue weighted by atomic mass is 9.72. The van der Waals surface area contributed by atoms with Crippen LogP contribution in [0.5, 0.6) is 0 Å². The van der Waals surface area contributed by atoms with Crippen LogP contribution in [-0.4, -0.2) is 10.7 Å². The molecule has 2 fully saturated rings. The van der Waals surface area contributed by atoms with E-state index in [-0.39, 0.29) is 5.60 Å². The monoisotopic (exact) mass is 252 g/mol. The highest BCUT2D eigenvalue weighted by atomic mass is 16.3. The summed E-state index contributed by atoms with van der Waals surface area (Å²) in [5, 5.41) is 10.7. The number of hydrogen-bond donors (Lipinski definition) is 1. The van der Waals surface area contributed by atoms with Crippen molar-refractivity contribution in [1.29, 1.82) is 0 Å². The van der Waals surface area contributed by atoms with Gasteiger partial charge in [0.25, 0.3) is 0 Å². The summed E-state index contributed by atoms with van der Waals surface area (Å²) in [5.74, 6) is 2.58. The van der Waals surface area contributed by atoms with Gasteiger partial charge in [-0.05, 0) is 56.3 Å². The van der Waals surface area contributed by atoms with Crippen molar-refractivity contribution >= 4 is 0 Å². The Bertz CT molecular complexity index is 232. The molecule has 2 rings (SSSR count). The van der Waals surface area contributed by atoms with E-state index in [1.807, 2.05) is 0 Å². The van der Waals surface area contributed by atoms with E-state index in [1.54, 1.807) is 0 Å². The van der Waals surface area contributed by atoms with Crippen molar-refractivity contribution in [2.24, 2.45) is 17.8 Å². The minimum absolute atomic E-state index is 0.303. The largest absolute Gasteiger partial charge is 0.390 e.